The second-order valence-electron chi connectivity index (χ2n) is 4.63. The van der Waals surface area contributed by atoms with Crippen LogP contribution in [0.4, 0.5) is 5.69 Å². The molecule has 1 aromatic carbocycles. The van der Waals surface area contributed by atoms with Crippen molar-refractivity contribution in [3.63, 3.8) is 0 Å². The molecule has 1 atom stereocenters. The van der Waals surface area contributed by atoms with Gasteiger partial charge in [-0.25, -0.2) is 0 Å². The molecule has 0 fully saturated rings. The highest BCUT2D eigenvalue weighted by molar-refractivity contribution is 8.00. The van der Waals surface area contributed by atoms with Crippen LogP contribution in [0.5, 0.6) is 0 Å². The number of hydrogen-bond acceptors (Lipinski definition) is 3. The third-order valence-corrected chi connectivity index (χ3v) is 4.35. The van der Waals surface area contributed by atoms with Crippen LogP contribution in [0, 0.1) is 0 Å². The van der Waals surface area contributed by atoms with Crippen molar-refractivity contribution in [2.75, 3.05) is 24.5 Å². The fraction of sp³-hybridized carbons (Fsp3) is 0.571. The molecule has 0 aliphatic carbocycles. The number of anilines is 1. The lowest BCUT2D eigenvalue weighted by Gasteiger charge is -2.36. The van der Waals surface area contributed by atoms with Crippen LogP contribution in [0.25, 0.3) is 0 Å². The van der Waals surface area contributed by atoms with Crippen LogP contribution in [-0.4, -0.2) is 24.9 Å². The molecule has 94 valence electrons. The summed E-state index contributed by atoms with van der Waals surface area (Å²) in [6.07, 6.45) is 2.19. The van der Waals surface area contributed by atoms with Crippen LogP contribution in [0.15, 0.2) is 23.1 Å². The number of hydrogen-bond donors (Lipinski definition) is 1. The number of para-hydroxylation sites is 1. The quantitative estimate of drug-likeness (QED) is 0.891. The molecule has 2 N–H and O–H groups in total. The van der Waals surface area contributed by atoms with Crippen molar-refractivity contribution in [2.24, 2.45) is 5.73 Å². The minimum atomic E-state index is 0.674. The summed E-state index contributed by atoms with van der Waals surface area (Å²) in [4.78, 5) is 3.97. The van der Waals surface area contributed by atoms with E-state index in [0.29, 0.717) is 5.25 Å². The largest absolute Gasteiger partial charge is 0.369 e. The Kier molecular flexibility index (Phi) is 4.35. The van der Waals surface area contributed by atoms with Gasteiger partial charge in [0.05, 0.1) is 5.69 Å². The van der Waals surface area contributed by atoms with Gasteiger partial charge in [-0.1, -0.05) is 26.0 Å². The molecular formula is C14H22N2S. The first kappa shape index (κ1) is 12.8. The zero-order valence-electron chi connectivity index (χ0n) is 10.8. The highest BCUT2D eigenvalue weighted by Gasteiger charge is 2.23. The van der Waals surface area contributed by atoms with Gasteiger partial charge in [0.2, 0.25) is 0 Å². The molecule has 0 radical (unpaired) electrons. The molecule has 17 heavy (non-hydrogen) atoms. The second-order valence-corrected chi connectivity index (χ2v) is 6.11. The van der Waals surface area contributed by atoms with Crippen molar-refractivity contribution in [3.05, 3.63) is 23.8 Å². The molecule has 0 bridgehead atoms. The number of fused-ring (bicyclic) bond motifs is 1. The third-order valence-electron chi connectivity index (χ3n) is 3.22. The van der Waals surface area contributed by atoms with Gasteiger partial charge in [-0.3, -0.25) is 0 Å². The maximum absolute atomic E-state index is 5.64. The second kappa shape index (κ2) is 5.78. The normalized spacial score (nSPS) is 19.2. The van der Waals surface area contributed by atoms with E-state index >= 15 is 0 Å². The molecule has 0 aromatic heterocycles. The lowest BCUT2D eigenvalue weighted by atomic mass is 10.1. The van der Waals surface area contributed by atoms with Crippen molar-refractivity contribution in [3.8, 4) is 0 Å². The van der Waals surface area contributed by atoms with Crippen LogP contribution in [0.2, 0.25) is 0 Å². The molecule has 1 aromatic rings. The van der Waals surface area contributed by atoms with Crippen LogP contribution < -0.4 is 10.6 Å². The minimum Gasteiger partial charge on any atom is -0.369 e. The Morgan fingerprint density at radius 3 is 3.00 bits per heavy atom. The first-order chi connectivity index (χ1) is 8.26. The minimum absolute atomic E-state index is 0.674. The Bertz CT molecular complexity index is 378. The summed E-state index contributed by atoms with van der Waals surface area (Å²) in [5, 5.41) is 0.674. The average molecular weight is 250 g/mol. The number of nitrogens with zero attached hydrogens (tertiary/aromatic N) is 1. The van der Waals surface area contributed by atoms with Crippen molar-refractivity contribution in [1.82, 2.24) is 0 Å². The summed E-state index contributed by atoms with van der Waals surface area (Å²) in [6.45, 7) is 7.56. The summed E-state index contributed by atoms with van der Waals surface area (Å²) < 4.78 is 0. The number of thioether (sulfide) groups is 1. The average Bonchev–Trinajstić information content (AvgIpc) is 2.34. The monoisotopic (exact) mass is 250 g/mol. The predicted molar refractivity (Wildman–Crippen MR) is 77.0 cm³/mol. The van der Waals surface area contributed by atoms with Crippen molar-refractivity contribution < 1.29 is 0 Å². The smallest absolute Gasteiger partial charge is 0.0537 e. The highest BCUT2D eigenvalue weighted by Crippen LogP contribution is 2.40. The van der Waals surface area contributed by atoms with Gasteiger partial charge < -0.3 is 10.6 Å². The van der Waals surface area contributed by atoms with Gasteiger partial charge in [-0.15, -0.1) is 11.8 Å². The summed E-state index contributed by atoms with van der Waals surface area (Å²) in [7, 11) is 0. The molecule has 1 heterocycles. The summed E-state index contributed by atoms with van der Waals surface area (Å²) in [6, 6.07) is 6.69. The molecule has 1 aliphatic heterocycles. The number of benzene rings is 1. The molecule has 0 saturated heterocycles. The van der Waals surface area contributed by atoms with Gasteiger partial charge in [0.1, 0.15) is 0 Å². The molecule has 2 nitrogen and oxygen atoms in total. The molecule has 2 rings (SSSR count). The first-order valence-electron chi connectivity index (χ1n) is 6.49. The fourth-order valence-corrected chi connectivity index (χ4v) is 3.66. The Morgan fingerprint density at radius 1 is 1.47 bits per heavy atom. The van der Waals surface area contributed by atoms with Crippen molar-refractivity contribution in [2.45, 2.75) is 36.8 Å². The van der Waals surface area contributed by atoms with Crippen LogP contribution in [-0.2, 0) is 6.42 Å². The Morgan fingerprint density at radius 2 is 2.29 bits per heavy atom. The standard InChI is InChI=1S/C14H22N2S/c1-3-12-6-4-7-13-14(12)16(9-5-8-15)10-11(2)17-13/h4,6-7,11H,3,5,8-10,15H2,1-2H3. The van der Waals surface area contributed by atoms with E-state index in [9.17, 15) is 0 Å². The van der Waals surface area contributed by atoms with Gasteiger partial charge in [-0.05, 0) is 31.0 Å². The van der Waals surface area contributed by atoms with Gasteiger partial charge in [0.25, 0.3) is 0 Å². The van der Waals surface area contributed by atoms with E-state index in [1.807, 2.05) is 11.8 Å². The summed E-state index contributed by atoms with van der Waals surface area (Å²) in [5.41, 5.74) is 8.57. The molecule has 3 heteroatoms. The number of nitrogens with two attached hydrogens (primary N) is 1. The van der Waals surface area contributed by atoms with Crippen LogP contribution in [0.3, 0.4) is 0 Å². The third kappa shape index (κ3) is 2.78. The number of aryl methyl sites for hydroxylation is 1. The lowest BCUT2D eigenvalue weighted by molar-refractivity contribution is 0.709. The van der Waals surface area contributed by atoms with Gasteiger partial charge in [0, 0.05) is 23.2 Å². The lowest BCUT2D eigenvalue weighted by Crippen LogP contribution is -2.35. The van der Waals surface area contributed by atoms with Gasteiger partial charge in [0.15, 0.2) is 0 Å². The SMILES string of the molecule is CCc1cccc2c1N(CCCN)CC(C)S2. The summed E-state index contributed by atoms with van der Waals surface area (Å²) in [5.74, 6) is 0. The van der Waals surface area contributed by atoms with Crippen molar-refractivity contribution in [1.29, 1.82) is 0 Å². The van der Waals surface area contributed by atoms with E-state index in [4.69, 9.17) is 5.73 Å². The molecule has 1 unspecified atom stereocenters. The maximum atomic E-state index is 5.64. The molecular weight excluding hydrogens is 228 g/mol. The van der Waals surface area contributed by atoms with E-state index in [1.54, 1.807) is 0 Å². The first-order valence-corrected chi connectivity index (χ1v) is 7.37. The van der Waals surface area contributed by atoms with Crippen LogP contribution in [0.1, 0.15) is 25.8 Å². The Labute approximate surface area is 109 Å². The van der Waals surface area contributed by atoms with Crippen LogP contribution >= 0.6 is 11.8 Å². The molecule has 0 spiro atoms. The maximum Gasteiger partial charge on any atom is 0.0537 e. The Balaban J connectivity index is 2.31. The highest BCUT2D eigenvalue weighted by atomic mass is 32.2. The van der Waals surface area contributed by atoms with E-state index in [-0.39, 0.29) is 0 Å². The summed E-state index contributed by atoms with van der Waals surface area (Å²) >= 11 is 2.01. The van der Waals surface area contributed by atoms with Gasteiger partial charge >= 0.3 is 0 Å². The topological polar surface area (TPSA) is 29.3 Å². The zero-order valence-corrected chi connectivity index (χ0v) is 11.6. The predicted octanol–water partition coefficient (Wildman–Crippen LogP) is 2.90. The van der Waals surface area contributed by atoms with Crippen molar-refractivity contribution >= 4 is 17.4 Å². The molecule has 0 amide bonds. The van der Waals surface area contributed by atoms with E-state index in [2.05, 4.69) is 36.9 Å². The van der Waals surface area contributed by atoms with E-state index in [1.165, 1.54) is 16.1 Å². The Hall–Kier alpha value is -0.670. The van der Waals surface area contributed by atoms with E-state index < -0.39 is 0 Å². The van der Waals surface area contributed by atoms with Gasteiger partial charge in [-0.2, -0.15) is 0 Å². The van der Waals surface area contributed by atoms with E-state index in [0.717, 1.165) is 32.5 Å². The fourth-order valence-electron chi connectivity index (χ4n) is 2.45. The molecule has 0 saturated carbocycles. The molecule has 1 aliphatic rings. The zero-order chi connectivity index (χ0) is 12.3. The number of rotatable bonds is 4.